The van der Waals surface area contributed by atoms with Gasteiger partial charge in [-0.05, 0) is 35.9 Å². The number of ether oxygens (including phenoxy) is 3. The molecule has 0 bridgehead atoms. The first-order chi connectivity index (χ1) is 15.4. The molecule has 0 N–H and O–H groups in total. The summed E-state index contributed by atoms with van der Waals surface area (Å²) >= 11 is 0. The summed E-state index contributed by atoms with van der Waals surface area (Å²) in [6, 6.07) is 8.07. The molecule has 2 heterocycles. The lowest BCUT2D eigenvalue weighted by Gasteiger charge is -2.13. The number of fused-ring (bicyclic) bond motifs is 1. The van der Waals surface area contributed by atoms with E-state index in [1.165, 1.54) is 18.2 Å². The molecule has 10 heteroatoms. The third-order valence-electron chi connectivity index (χ3n) is 4.80. The summed E-state index contributed by atoms with van der Waals surface area (Å²) < 4.78 is 72.0. The molecule has 4 rings (SSSR count). The van der Waals surface area contributed by atoms with Crippen molar-refractivity contribution in [2.45, 2.75) is 19.3 Å². The molecule has 0 radical (unpaired) electrons. The van der Waals surface area contributed by atoms with Crippen LogP contribution < -0.4 is 15.0 Å². The summed E-state index contributed by atoms with van der Waals surface area (Å²) in [7, 11) is 0. The Balaban J connectivity index is 1.43. The molecule has 1 atom stereocenters. The van der Waals surface area contributed by atoms with Gasteiger partial charge in [-0.2, -0.15) is 4.98 Å². The van der Waals surface area contributed by atoms with Crippen molar-refractivity contribution in [3.63, 3.8) is 0 Å². The van der Waals surface area contributed by atoms with E-state index in [4.69, 9.17) is 14.2 Å². The molecule has 2 aromatic carbocycles. The lowest BCUT2D eigenvalue weighted by Crippen LogP contribution is -2.24. The van der Waals surface area contributed by atoms with Crippen molar-refractivity contribution in [2.24, 2.45) is 0 Å². The summed E-state index contributed by atoms with van der Waals surface area (Å²) in [5.41, 5.74) is 0.0481. The first-order valence-electron chi connectivity index (χ1n) is 9.73. The van der Waals surface area contributed by atoms with Gasteiger partial charge in [0.2, 0.25) is 0 Å². The third kappa shape index (κ3) is 4.75. The average molecular weight is 450 g/mol. The van der Waals surface area contributed by atoms with E-state index in [2.05, 4.69) is 4.98 Å². The second-order valence-electron chi connectivity index (χ2n) is 7.04. The topological polar surface area (TPSA) is 62.6 Å². The van der Waals surface area contributed by atoms with Gasteiger partial charge in [-0.15, -0.1) is 0 Å². The molecule has 1 unspecified atom stereocenters. The van der Waals surface area contributed by atoms with E-state index in [0.717, 1.165) is 24.3 Å². The molecule has 1 aliphatic heterocycles. The molecule has 0 saturated heterocycles. The zero-order valence-electron chi connectivity index (χ0n) is 16.7. The van der Waals surface area contributed by atoms with Crippen molar-refractivity contribution in [2.75, 3.05) is 19.9 Å². The van der Waals surface area contributed by atoms with E-state index >= 15 is 0 Å². The zero-order valence-corrected chi connectivity index (χ0v) is 16.7. The highest BCUT2D eigenvalue weighted by Crippen LogP contribution is 2.29. The van der Waals surface area contributed by atoms with Crippen LogP contribution in [0.25, 0.3) is 11.1 Å². The van der Waals surface area contributed by atoms with Crippen molar-refractivity contribution in [1.29, 1.82) is 0 Å². The fourth-order valence-electron chi connectivity index (χ4n) is 3.33. The Kier molecular flexibility index (Phi) is 6.40. The molecule has 0 aliphatic carbocycles. The van der Waals surface area contributed by atoms with Crippen LogP contribution in [0.4, 0.5) is 17.6 Å². The van der Waals surface area contributed by atoms with E-state index in [1.54, 1.807) is 4.57 Å². The maximum absolute atomic E-state index is 14.5. The molecule has 168 valence electrons. The Morgan fingerprint density at radius 2 is 1.94 bits per heavy atom. The summed E-state index contributed by atoms with van der Waals surface area (Å²) in [6.07, 6.45) is -0.566. The highest BCUT2D eigenvalue weighted by molar-refractivity contribution is 5.65. The smallest absolute Gasteiger partial charge is 0.300 e. The van der Waals surface area contributed by atoms with E-state index in [9.17, 15) is 22.4 Å². The van der Waals surface area contributed by atoms with Crippen molar-refractivity contribution >= 4 is 0 Å². The number of benzene rings is 2. The molecule has 0 amide bonds. The number of aromatic nitrogens is 2. The van der Waals surface area contributed by atoms with Gasteiger partial charge >= 0.3 is 6.01 Å². The van der Waals surface area contributed by atoms with Crippen molar-refractivity contribution < 1.29 is 31.8 Å². The molecular formula is C22H18F4N2O4. The van der Waals surface area contributed by atoms with Crippen LogP contribution in [-0.4, -0.2) is 35.5 Å². The fourth-order valence-corrected chi connectivity index (χ4v) is 3.33. The molecule has 3 aromatic rings. The van der Waals surface area contributed by atoms with Crippen LogP contribution in [0.5, 0.6) is 11.8 Å². The SMILES string of the molecule is O=c1cc(COCCF)n2c(n1)OC(COc1ccc(-c3cc(F)ccc3F)cc1F)C2. The van der Waals surface area contributed by atoms with Gasteiger partial charge in [-0.3, -0.25) is 9.36 Å². The minimum Gasteiger partial charge on any atom is -0.487 e. The monoisotopic (exact) mass is 450 g/mol. The first-order valence-corrected chi connectivity index (χ1v) is 9.73. The maximum atomic E-state index is 14.5. The van der Waals surface area contributed by atoms with Gasteiger partial charge in [0.15, 0.2) is 17.7 Å². The number of halogens is 4. The van der Waals surface area contributed by atoms with E-state index in [-0.39, 0.29) is 49.3 Å². The van der Waals surface area contributed by atoms with Crippen molar-refractivity contribution in [3.05, 3.63) is 76.0 Å². The summed E-state index contributed by atoms with van der Waals surface area (Å²) in [4.78, 5) is 15.5. The van der Waals surface area contributed by atoms with Gasteiger partial charge < -0.3 is 14.2 Å². The van der Waals surface area contributed by atoms with Crippen LogP contribution in [0.3, 0.4) is 0 Å². The summed E-state index contributed by atoms with van der Waals surface area (Å²) in [6.45, 7) is -0.532. The van der Waals surface area contributed by atoms with Gasteiger partial charge in [0.1, 0.15) is 24.9 Å². The molecule has 32 heavy (non-hydrogen) atoms. The number of nitrogens with zero attached hydrogens (tertiary/aromatic N) is 2. The normalized spacial score (nSPS) is 14.8. The van der Waals surface area contributed by atoms with Crippen molar-refractivity contribution in [1.82, 2.24) is 9.55 Å². The Morgan fingerprint density at radius 1 is 1.09 bits per heavy atom. The Labute approximate surface area is 180 Å². The minimum absolute atomic E-state index is 0.0122. The van der Waals surface area contributed by atoms with Gasteiger partial charge in [0.25, 0.3) is 5.56 Å². The predicted octanol–water partition coefficient (Wildman–Crippen LogP) is 3.65. The largest absolute Gasteiger partial charge is 0.487 e. The molecule has 6 nitrogen and oxygen atoms in total. The van der Waals surface area contributed by atoms with Gasteiger partial charge in [-0.25, -0.2) is 17.6 Å². The van der Waals surface area contributed by atoms with Crippen LogP contribution in [0, 0.1) is 17.5 Å². The maximum Gasteiger partial charge on any atom is 0.300 e. The fraction of sp³-hybridized carbons (Fsp3) is 0.273. The standard InChI is InChI=1S/C22H18F4N2O4/c23-5-6-30-11-15-9-21(29)27-22-28(15)10-16(32-22)12-31-20-4-1-13(7-19(20)26)17-8-14(24)2-3-18(17)25/h1-4,7-9,16H,5-6,10-12H2. The van der Waals surface area contributed by atoms with Gasteiger partial charge in [-0.1, -0.05) is 6.07 Å². The van der Waals surface area contributed by atoms with Crippen LogP contribution in [0.2, 0.25) is 0 Å². The van der Waals surface area contributed by atoms with E-state index in [1.807, 2.05) is 0 Å². The highest BCUT2D eigenvalue weighted by Gasteiger charge is 2.27. The Bertz CT molecular complexity index is 1190. The predicted molar refractivity (Wildman–Crippen MR) is 106 cm³/mol. The lowest BCUT2D eigenvalue weighted by atomic mass is 10.0. The lowest BCUT2D eigenvalue weighted by molar-refractivity contribution is 0.101. The van der Waals surface area contributed by atoms with Crippen LogP contribution in [0.15, 0.2) is 47.3 Å². The van der Waals surface area contributed by atoms with E-state index in [0.29, 0.717) is 5.69 Å². The second kappa shape index (κ2) is 9.39. The van der Waals surface area contributed by atoms with Crippen LogP contribution in [0.1, 0.15) is 5.69 Å². The third-order valence-corrected chi connectivity index (χ3v) is 4.80. The Morgan fingerprint density at radius 3 is 2.72 bits per heavy atom. The minimum atomic E-state index is -0.755. The molecule has 1 aromatic heterocycles. The number of rotatable bonds is 8. The van der Waals surface area contributed by atoms with Gasteiger partial charge in [0.05, 0.1) is 25.5 Å². The average Bonchev–Trinajstić information content (AvgIpc) is 3.17. The summed E-state index contributed by atoms with van der Waals surface area (Å²) in [5, 5.41) is 0. The van der Waals surface area contributed by atoms with Crippen LogP contribution in [-0.2, 0) is 17.9 Å². The molecule has 0 fully saturated rings. The number of hydrogen-bond acceptors (Lipinski definition) is 5. The number of hydrogen-bond donors (Lipinski definition) is 0. The molecule has 0 spiro atoms. The quantitative estimate of drug-likeness (QED) is 0.387. The first kappa shape index (κ1) is 21.8. The van der Waals surface area contributed by atoms with Gasteiger partial charge in [0, 0.05) is 11.6 Å². The number of alkyl halides is 1. The molecular weight excluding hydrogens is 432 g/mol. The summed E-state index contributed by atoms with van der Waals surface area (Å²) in [5.74, 6) is -2.17. The van der Waals surface area contributed by atoms with Crippen LogP contribution >= 0.6 is 0 Å². The molecule has 0 saturated carbocycles. The zero-order chi connectivity index (χ0) is 22.7. The molecule has 1 aliphatic rings. The van der Waals surface area contributed by atoms with E-state index < -0.39 is 35.8 Å². The Hall–Kier alpha value is -3.40. The highest BCUT2D eigenvalue weighted by atomic mass is 19.1. The van der Waals surface area contributed by atoms with Crippen molar-refractivity contribution in [3.8, 4) is 22.9 Å². The second-order valence-corrected chi connectivity index (χ2v) is 7.04.